The van der Waals surface area contributed by atoms with Crippen molar-refractivity contribution in [3.63, 3.8) is 0 Å². The van der Waals surface area contributed by atoms with Crippen LogP contribution in [0.25, 0.3) is 0 Å². The first kappa shape index (κ1) is 15.4. The number of rotatable bonds is 4. The van der Waals surface area contributed by atoms with E-state index in [1.54, 1.807) is 13.2 Å². The van der Waals surface area contributed by atoms with Gasteiger partial charge in [-0.05, 0) is 30.2 Å². The first-order valence-electron chi connectivity index (χ1n) is 5.93. The molecule has 0 N–H and O–H groups in total. The van der Waals surface area contributed by atoms with Crippen molar-refractivity contribution in [2.45, 2.75) is 11.2 Å². The summed E-state index contributed by atoms with van der Waals surface area (Å²) < 4.78 is 33.1. The molecule has 106 valence electrons. The molecule has 0 heterocycles. The Balaban J connectivity index is 2.28. The van der Waals surface area contributed by atoms with Gasteiger partial charge in [0, 0.05) is 14.9 Å². The van der Waals surface area contributed by atoms with E-state index in [-0.39, 0.29) is 4.83 Å². The monoisotopic (exact) mass is 404 g/mol. The van der Waals surface area contributed by atoms with E-state index >= 15 is 0 Å². The van der Waals surface area contributed by atoms with E-state index in [0.717, 1.165) is 16.1 Å². The Morgan fingerprint density at radius 3 is 2.65 bits per heavy atom. The molecular formula is C15H12Br2F2O. The van der Waals surface area contributed by atoms with Crippen LogP contribution in [0.1, 0.15) is 16.0 Å². The topological polar surface area (TPSA) is 9.23 Å². The van der Waals surface area contributed by atoms with E-state index in [9.17, 15) is 8.78 Å². The highest BCUT2D eigenvalue weighted by Crippen LogP contribution is 2.36. The Hall–Kier alpha value is -0.940. The van der Waals surface area contributed by atoms with Gasteiger partial charge in [0.1, 0.15) is 5.75 Å². The number of alkyl halides is 1. The van der Waals surface area contributed by atoms with Gasteiger partial charge in [0.05, 0.1) is 7.11 Å². The fraction of sp³-hybridized carbons (Fsp3) is 0.200. The van der Waals surface area contributed by atoms with Gasteiger partial charge >= 0.3 is 0 Å². The lowest BCUT2D eigenvalue weighted by atomic mass is 10.0. The molecule has 0 aromatic heterocycles. The maximum atomic E-state index is 13.7. The Labute approximate surface area is 133 Å². The lowest BCUT2D eigenvalue weighted by Gasteiger charge is -2.15. The lowest BCUT2D eigenvalue weighted by Crippen LogP contribution is -2.02. The number of benzene rings is 2. The van der Waals surface area contributed by atoms with E-state index in [1.807, 2.05) is 18.2 Å². The van der Waals surface area contributed by atoms with Gasteiger partial charge in [-0.2, -0.15) is 0 Å². The summed E-state index contributed by atoms with van der Waals surface area (Å²) in [5.74, 6) is -0.934. The predicted molar refractivity (Wildman–Crippen MR) is 82.4 cm³/mol. The molecule has 2 rings (SSSR count). The van der Waals surface area contributed by atoms with Crippen molar-refractivity contribution in [1.82, 2.24) is 0 Å². The van der Waals surface area contributed by atoms with Crippen LogP contribution >= 0.6 is 31.9 Å². The molecular weight excluding hydrogens is 394 g/mol. The summed E-state index contributed by atoms with van der Waals surface area (Å²) in [6.07, 6.45) is 0.335. The highest BCUT2D eigenvalue weighted by Gasteiger charge is 2.17. The Morgan fingerprint density at radius 2 is 1.95 bits per heavy atom. The molecule has 0 aliphatic rings. The van der Waals surface area contributed by atoms with E-state index in [2.05, 4.69) is 31.9 Å². The smallest absolute Gasteiger partial charge is 0.162 e. The van der Waals surface area contributed by atoms with Gasteiger partial charge in [0.2, 0.25) is 0 Å². The van der Waals surface area contributed by atoms with Gasteiger partial charge in [-0.1, -0.05) is 50.1 Å². The number of ether oxygens (including phenoxy) is 1. The second kappa shape index (κ2) is 6.68. The molecule has 5 heteroatoms. The van der Waals surface area contributed by atoms with Gasteiger partial charge in [0.25, 0.3) is 0 Å². The number of methoxy groups -OCH3 is 1. The van der Waals surface area contributed by atoms with Crippen LogP contribution in [0, 0.1) is 11.6 Å². The van der Waals surface area contributed by atoms with Gasteiger partial charge in [0.15, 0.2) is 11.6 Å². The molecule has 0 spiro atoms. The normalized spacial score (nSPS) is 12.2. The quantitative estimate of drug-likeness (QED) is 0.617. The third kappa shape index (κ3) is 3.38. The molecule has 0 fully saturated rings. The molecule has 2 aromatic rings. The van der Waals surface area contributed by atoms with Crippen LogP contribution in [0.3, 0.4) is 0 Å². The van der Waals surface area contributed by atoms with Gasteiger partial charge in [-0.3, -0.25) is 0 Å². The minimum absolute atomic E-state index is 0.165. The fourth-order valence-corrected chi connectivity index (χ4v) is 3.02. The number of hydrogen-bond donors (Lipinski definition) is 0. The van der Waals surface area contributed by atoms with Crippen LogP contribution in [0.2, 0.25) is 0 Å². The molecule has 0 amide bonds. The van der Waals surface area contributed by atoms with E-state index in [0.29, 0.717) is 17.7 Å². The Bertz CT molecular complexity index is 617. The second-order valence-electron chi connectivity index (χ2n) is 4.27. The summed E-state index contributed by atoms with van der Waals surface area (Å²) in [5, 5.41) is 0. The van der Waals surface area contributed by atoms with E-state index in [4.69, 9.17) is 4.74 Å². The molecule has 0 bridgehead atoms. The Kier molecular flexibility index (Phi) is 5.16. The SMILES string of the molecule is COc1cc(Br)ccc1C(Br)Cc1cccc(F)c1F. The van der Waals surface area contributed by atoms with E-state index in [1.165, 1.54) is 6.07 Å². The van der Waals surface area contributed by atoms with Crippen molar-refractivity contribution in [3.8, 4) is 5.75 Å². The van der Waals surface area contributed by atoms with Crippen molar-refractivity contribution in [2.75, 3.05) is 7.11 Å². The first-order chi connectivity index (χ1) is 9.52. The van der Waals surface area contributed by atoms with Gasteiger partial charge in [-0.25, -0.2) is 8.78 Å². The lowest BCUT2D eigenvalue weighted by molar-refractivity contribution is 0.409. The molecule has 0 aliphatic carbocycles. The molecule has 0 aliphatic heterocycles. The fourth-order valence-electron chi connectivity index (χ4n) is 1.95. The third-order valence-electron chi connectivity index (χ3n) is 2.96. The third-order valence-corrected chi connectivity index (χ3v) is 4.27. The van der Waals surface area contributed by atoms with Gasteiger partial charge in [-0.15, -0.1) is 0 Å². The van der Waals surface area contributed by atoms with Crippen molar-refractivity contribution < 1.29 is 13.5 Å². The summed E-state index contributed by atoms with van der Waals surface area (Å²) in [6.45, 7) is 0. The predicted octanol–water partition coefficient (Wildman–Crippen LogP) is 5.41. The average Bonchev–Trinajstić information content (AvgIpc) is 2.43. The zero-order chi connectivity index (χ0) is 14.7. The number of hydrogen-bond acceptors (Lipinski definition) is 1. The molecule has 20 heavy (non-hydrogen) atoms. The molecule has 1 atom stereocenters. The maximum Gasteiger partial charge on any atom is 0.162 e. The molecule has 0 saturated heterocycles. The van der Waals surface area contributed by atoms with Crippen LogP contribution < -0.4 is 4.74 Å². The molecule has 1 nitrogen and oxygen atoms in total. The largest absolute Gasteiger partial charge is 0.496 e. The van der Waals surface area contributed by atoms with Crippen LogP contribution in [-0.2, 0) is 6.42 Å². The van der Waals surface area contributed by atoms with Crippen LogP contribution in [0.4, 0.5) is 8.78 Å². The molecule has 1 unspecified atom stereocenters. The number of halogens is 4. The minimum Gasteiger partial charge on any atom is -0.496 e. The zero-order valence-electron chi connectivity index (χ0n) is 10.7. The Morgan fingerprint density at radius 1 is 1.20 bits per heavy atom. The standard InChI is InChI=1S/C15H12Br2F2O/c1-20-14-8-10(16)5-6-11(14)12(17)7-9-3-2-4-13(18)15(9)19/h2-6,8,12H,7H2,1H3. The van der Waals surface area contributed by atoms with Crippen LogP contribution in [0.15, 0.2) is 40.9 Å². The average molecular weight is 406 g/mol. The summed E-state index contributed by atoms with van der Waals surface area (Å²) in [6, 6.07) is 9.81. The summed E-state index contributed by atoms with van der Waals surface area (Å²) >= 11 is 6.88. The molecule has 0 radical (unpaired) electrons. The van der Waals surface area contributed by atoms with Crippen molar-refractivity contribution in [1.29, 1.82) is 0 Å². The van der Waals surface area contributed by atoms with Gasteiger partial charge < -0.3 is 4.74 Å². The van der Waals surface area contributed by atoms with Crippen molar-refractivity contribution in [2.24, 2.45) is 0 Å². The van der Waals surface area contributed by atoms with Crippen molar-refractivity contribution >= 4 is 31.9 Å². The highest BCUT2D eigenvalue weighted by molar-refractivity contribution is 9.10. The molecule has 0 saturated carbocycles. The second-order valence-corrected chi connectivity index (χ2v) is 6.29. The zero-order valence-corrected chi connectivity index (χ0v) is 13.8. The van der Waals surface area contributed by atoms with E-state index < -0.39 is 11.6 Å². The van der Waals surface area contributed by atoms with Crippen molar-refractivity contribution in [3.05, 3.63) is 63.6 Å². The highest BCUT2D eigenvalue weighted by atomic mass is 79.9. The summed E-state index contributed by atoms with van der Waals surface area (Å²) in [5.41, 5.74) is 1.22. The maximum absolute atomic E-state index is 13.7. The summed E-state index contributed by atoms with van der Waals surface area (Å²) in [7, 11) is 1.58. The first-order valence-corrected chi connectivity index (χ1v) is 7.64. The van der Waals surface area contributed by atoms with Crippen LogP contribution in [-0.4, -0.2) is 7.11 Å². The minimum atomic E-state index is -0.829. The van der Waals surface area contributed by atoms with Crippen LogP contribution in [0.5, 0.6) is 5.75 Å². The summed E-state index contributed by atoms with van der Waals surface area (Å²) in [4.78, 5) is -0.165. The molecule has 2 aromatic carbocycles.